The van der Waals surface area contributed by atoms with Crippen LogP contribution >= 0.6 is 11.3 Å². The Morgan fingerprint density at radius 3 is 2.79 bits per heavy atom. The molecule has 14 heavy (non-hydrogen) atoms. The highest BCUT2D eigenvalue weighted by Crippen LogP contribution is 2.22. The zero-order valence-electron chi connectivity index (χ0n) is 7.44. The average molecular weight is 208 g/mol. The fourth-order valence-corrected chi connectivity index (χ4v) is 1.96. The van der Waals surface area contributed by atoms with E-state index in [0.29, 0.717) is 5.82 Å². The van der Waals surface area contributed by atoms with E-state index in [1.54, 1.807) is 11.3 Å². The molecule has 0 saturated carbocycles. The van der Waals surface area contributed by atoms with Crippen molar-refractivity contribution in [3.63, 3.8) is 0 Å². The van der Waals surface area contributed by atoms with Gasteiger partial charge in [0.1, 0.15) is 5.82 Å². The van der Waals surface area contributed by atoms with E-state index in [0.717, 1.165) is 11.1 Å². The summed E-state index contributed by atoms with van der Waals surface area (Å²) < 4.78 is 0. The highest BCUT2D eigenvalue weighted by Gasteiger charge is 2.06. The quantitative estimate of drug-likeness (QED) is 0.725. The summed E-state index contributed by atoms with van der Waals surface area (Å²) in [6.45, 7) is 1.95. The first-order valence-electron chi connectivity index (χ1n) is 3.94. The fourth-order valence-electron chi connectivity index (χ4n) is 1.13. The van der Waals surface area contributed by atoms with Gasteiger partial charge in [-0.3, -0.25) is 4.98 Å². The van der Waals surface area contributed by atoms with Crippen molar-refractivity contribution in [1.29, 1.82) is 0 Å². The molecule has 2 heterocycles. The highest BCUT2D eigenvalue weighted by molar-refractivity contribution is 7.08. The van der Waals surface area contributed by atoms with Gasteiger partial charge in [0, 0.05) is 10.9 Å². The molecule has 0 fully saturated rings. The summed E-state index contributed by atoms with van der Waals surface area (Å²) in [4.78, 5) is 21.0. The zero-order chi connectivity index (χ0) is 10.1. The predicted molar refractivity (Wildman–Crippen MR) is 55.1 cm³/mol. The third-order valence-electron chi connectivity index (χ3n) is 1.78. The van der Waals surface area contributed by atoms with Gasteiger partial charge < -0.3 is 5.73 Å². The van der Waals surface area contributed by atoms with E-state index in [1.807, 2.05) is 17.7 Å². The molecule has 5 nitrogen and oxygen atoms in total. The first kappa shape index (κ1) is 8.89. The Balaban J connectivity index is 2.63. The number of nitrogens with one attached hydrogen (secondary N) is 1. The molecule has 2 aromatic rings. The summed E-state index contributed by atoms with van der Waals surface area (Å²) in [5.41, 5.74) is 6.85. The number of nitrogens with two attached hydrogens (primary N) is 1. The summed E-state index contributed by atoms with van der Waals surface area (Å²) in [5, 5.41) is 3.89. The van der Waals surface area contributed by atoms with Crippen LogP contribution in [0.1, 0.15) is 5.56 Å². The number of hydrogen-bond donors (Lipinski definition) is 2. The van der Waals surface area contributed by atoms with Gasteiger partial charge in [-0.15, -0.1) is 0 Å². The molecule has 0 aliphatic carbocycles. The van der Waals surface area contributed by atoms with E-state index in [2.05, 4.69) is 15.0 Å². The molecule has 0 saturated heterocycles. The minimum absolute atomic E-state index is 0.00523. The minimum atomic E-state index is -0.474. The van der Waals surface area contributed by atoms with E-state index in [9.17, 15) is 4.79 Å². The second-order valence-electron chi connectivity index (χ2n) is 2.83. The van der Waals surface area contributed by atoms with E-state index in [4.69, 9.17) is 5.73 Å². The van der Waals surface area contributed by atoms with Crippen LogP contribution < -0.4 is 11.4 Å². The maximum Gasteiger partial charge on any atom is 0.349 e. The van der Waals surface area contributed by atoms with E-state index < -0.39 is 5.69 Å². The van der Waals surface area contributed by atoms with Crippen LogP contribution in [0.4, 0.5) is 5.95 Å². The van der Waals surface area contributed by atoms with Gasteiger partial charge in [0.25, 0.3) is 0 Å². The fraction of sp³-hybridized carbons (Fsp3) is 0.125. The maximum atomic E-state index is 11.0. The van der Waals surface area contributed by atoms with Gasteiger partial charge in [-0.05, 0) is 17.9 Å². The Kier molecular flexibility index (Phi) is 2.05. The third-order valence-corrected chi connectivity index (χ3v) is 2.64. The summed E-state index contributed by atoms with van der Waals surface area (Å²) in [7, 11) is 0. The second kappa shape index (κ2) is 3.22. The number of nitrogens with zero attached hydrogens (tertiary/aromatic N) is 2. The van der Waals surface area contributed by atoms with E-state index in [-0.39, 0.29) is 5.95 Å². The van der Waals surface area contributed by atoms with Gasteiger partial charge in [-0.2, -0.15) is 21.3 Å². The van der Waals surface area contributed by atoms with Crippen LogP contribution in [0.15, 0.2) is 15.6 Å². The Labute approximate surface area is 83.7 Å². The van der Waals surface area contributed by atoms with Crippen LogP contribution in [0.5, 0.6) is 0 Å². The molecule has 0 bridgehead atoms. The Morgan fingerprint density at radius 1 is 1.43 bits per heavy atom. The molecular formula is C8H8N4OS. The Hall–Kier alpha value is -1.69. The number of aryl methyl sites for hydroxylation is 1. The standard InChI is InChI=1S/C8H8N4OS/c1-4-2-14-3-5(4)6-10-7(9)12-8(13)11-6/h2-3H,1H3,(H3,9,10,11,12,13). The molecule has 3 N–H and O–H groups in total. The first-order valence-corrected chi connectivity index (χ1v) is 4.88. The zero-order valence-corrected chi connectivity index (χ0v) is 8.26. The van der Waals surface area contributed by atoms with Crippen LogP contribution in [0, 0.1) is 6.92 Å². The highest BCUT2D eigenvalue weighted by atomic mass is 32.1. The van der Waals surface area contributed by atoms with Crippen LogP contribution in [0.25, 0.3) is 11.4 Å². The number of nitrogen functional groups attached to an aromatic ring is 1. The molecule has 0 unspecified atom stereocenters. The molecule has 0 spiro atoms. The van der Waals surface area contributed by atoms with Gasteiger partial charge in [0.2, 0.25) is 5.95 Å². The lowest BCUT2D eigenvalue weighted by molar-refractivity contribution is 1.01. The van der Waals surface area contributed by atoms with Crippen molar-refractivity contribution in [3.8, 4) is 11.4 Å². The lowest BCUT2D eigenvalue weighted by atomic mass is 10.2. The molecule has 0 radical (unpaired) electrons. The number of aromatic nitrogens is 3. The van der Waals surface area contributed by atoms with Crippen molar-refractivity contribution >= 4 is 17.3 Å². The monoisotopic (exact) mass is 208 g/mol. The summed E-state index contributed by atoms with van der Waals surface area (Å²) in [6, 6.07) is 0. The summed E-state index contributed by atoms with van der Waals surface area (Å²) >= 11 is 1.55. The van der Waals surface area contributed by atoms with Gasteiger partial charge in [-0.25, -0.2) is 4.79 Å². The van der Waals surface area contributed by atoms with Crippen molar-refractivity contribution in [3.05, 3.63) is 26.8 Å². The van der Waals surface area contributed by atoms with Crippen LogP contribution in [0.3, 0.4) is 0 Å². The van der Waals surface area contributed by atoms with Crippen molar-refractivity contribution < 1.29 is 0 Å². The number of thiophene rings is 1. The molecule has 72 valence electrons. The summed E-state index contributed by atoms with van der Waals surface area (Å²) in [6.07, 6.45) is 0. The minimum Gasteiger partial charge on any atom is -0.368 e. The molecule has 0 aliphatic heterocycles. The lowest BCUT2D eigenvalue weighted by Crippen LogP contribution is -2.15. The molecular weight excluding hydrogens is 200 g/mol. The van der Waals surface area contributed by atoms with Gasteiger partial charge in [0.05, 0.1) is 0 Å². The second-order valence-corrected chi connectivity index (χ2v) is 3.57. The number of anilines is 1. The van der Waals surface area contributed by atoms with Crippen molar-refractivity contribution in [2.75, 3.05) is 5.73 Å². The predicted octanol–water partition coefficient (Wildman–Crippen LogP) is 0.784. The van der Waals surface area contributed by atoms with Crippen LogP contribution in [-0.4, -0.2) is 15.0 Å². The molecule has 0 aromatic carbocycles. The lowest BCUT2D eigenvalue weighted by Gasteiger charge is -1.98. The smallest absolute Gasteiger partial charge is 0.349 e. The van der Waals surface area contributed by atoms with Gasteiger partial charge in [0.15, 0.2) is 0 Å². The van der Waals surface area contributed by atoms with Gasteiger partial charge in [-0.1, -0.05) is 0 Å². The van der Waals surface area contributed by atoms with Crippen LogP contribution in [0.2, 0.25) is 0 Å². The molecule has 2 rings (SSSR count). The van der Waals surface area contributed by atoms with Crippen molar-refractivity contribution in [2.45, 2.75) is 6.92 Å². The third kappa shape index (κ3) is 1.51. The van der Waals surface area contributed by atoms with Crippen LogP contribution in [-0.2, 0) is 0 Å². The van der Waals surface area contributed by atoms with E-state index >= 15 is 0 Å². The van der Waals surface area contributed by atoms with Crippen molar-refractivity contribution in [2.24, 2.45) is 0 Å². The summed E-state index contributed by atoms with van der Waals surface area (Å²) in [5.74, 6) is 0.468. The Bertz CT molecular complexity index is 516. The largest absolute Gasteiger partial charge is 0.368 e. The van der Waals surface area contributed by atoms with Crippen molar-refractivity contribution in [1.82, 2.24) is 15.0 Å². The Morgan fingerprint density at radius 2 is 2.21 bits per heavy atom. The molecule has 0 atom stereocenters. The number of aromatic amines is 1. The molecule has 0 amide bonds. The first-order chi connectivity index (χ1) is 6.66. The van der Waals surface area contributed by atoms with Gasteiger partial charge >= 0.3 is 5.69 Å². The topological polar surface area (TPSA) is 84.7 Å². The number of hydrogen-bond acceptors (Lipinski definition) is 5. The SMILES string of the molecule is Cc1cscc1-c1nc(N)nc(=O)[nH]1. The van der Waals surface area contributed by atoms with E-state index in [1.165, 1.54) is 0 Å². The normalized spacial score (nSPS) is 10.4. The number of H-pyrrole nitrogens is 1. The molecule has 2 aromatic heterocycles. The maximum absolute atomic E-state index is 11.0. The molecule has 0 aliphatic rings. The average Bonchev–Trinajstić information content (AvgIpc) is 2.49. The number of rotatable bonds is 1. The molecule has 6 heteroatoms.